The normalized spacial score (nSPS) is 11.0. The number of rotatable bonds is 7. The number of aromatic nitrogens is 1. The minimum absolute atomic E-state index is 0.144. The Balaban J connectivity index is 2.56. The van der Waals surface area contributed by atoms with Crippen LogP contribution in [0.3, 0.4) is 0 Å². The Morgan fingerprint density at radius 3 is 2.69 bits per heavy atom. The van der Waals surface area contributed by atoms with Crippen molar-refractivity contribution in [3.8, 4) is 0 Å². The number of hydrogen-bond acceptors (Lipinski definition) is 4. The van der Waals surface area contributed by atoms with Gasteiger partial charge < -0.3 is 10.2 Å². The van der Waals surface area contributed by atoms with E-state index in [0.29, 0.717) is 6.54 Å². The molecule has 2 N–H and O–H groups in total. The van der Waals surface area contributed by atoms with Gasteiger partial charge in [0.25, 0.3) is 0 Å². The minimum atomic E-state index is 0.144. The van der Waals surface area contributed by atoms with Crippen LogP contribution < -0.4 is 0 Å². The van der Waals surface area contributed by atoms with Gasteiger partial charge in [-0.05, 0) is 25.0 Å². The molecule has 0 aliphatic rings. The third-order valence-electron chi connectivity index (χ3n) is 2.56. The first kappa shape index (κ1) is 13.1. The van der Waals surface area contributed by atoms with Crippen molar-refractivity contribution in [2.45, 2.75) is 19.9 Å². The van der Waals surface area contributed by atoms with Gasteiger partial charge in [0.2, 0.25) is 0 Å². The van der Waals surface area contributed by atoms with Gasteiger partial charge in [-0.15, -0.1) is 0 Å². The second-order valence-corrected chi connectivity index (χ2v) is 3.82. The lowest BCUT2D eigenvalue weighted by Crippen LogP contribution is -2.28. The fraction of sp³-hybridized carbons (Fsp3) is 0.583. The zero-order valence-electron chi connectivity index (χ0n) is 9.76. The third-order valence-corrected chi connectivity index (χ3v) is 2.56. The molecule has 0 aliphatic heterocycles. The maximum atomic E-state index is 8.96. The van der Waals surface area contributed by atoms with Crippen LogP contribution >= 0.6 is 0 Å². The molecule has 0 unspecified atom stereocenters. The highest BCUT2D eigenvalue weighted by atomic mass is 16.3. The molecule has 0 aromatic carbocycles. The number of hydrogen-bond donors (Lipinski definition) is 2. The van der Waals surface area contributed by atoms with Crippen LogP contribution in [0.2, 0.25) is 0 Å². The molecule has 0 saturated carbocycles. The average Bonchev–Trinajstić information content (AvgIpc) is 2.29. The molecule has 4 nitrogen and oxygen atoms in total. The first-order valence-electron chi connectivity index (χ1n) is 5.62. The Hall–Kier alpha value is -0.970. The Morgan fingerprint density at radius 2 is 2.06 bits per heavy atom. The van der Waals surface area contributed by atoms with Crippen molar-refractivity contribution in [3.63, 3.8) is 0 Å². The maximum absolute atomic E-state index is 8.96. The van der Waals surface area contributed by atoms with Gasteiger partial charge in [0.05, 0.1) is 6.61 Å². The topological polar surface area (TPSA) is 56.6 Å². The molecule has 1 aromatic rings. The summed E-state index contributed by atoms with van der Waals surface area (Å²) in [5.41, 5.74) is 2.20. The molecular formula is C12H20N2O2. The zero-order chi connectivity index (χ0) is 11.8. The van der Waals surface area contributed by atoms with Crippen LogP contribution in [0, 0.1) is 6.92 Å². The van der Waals surface area contributed by atoms with Crippen molar-refractivity contribution in [1.82, 2.24) is 9.88 Å². The van der Waals surface area contributed by atoms with Crippen molar-refractivity contribution >= 4 is 0 Å². The Bertz CT molecular complexity index is 305. The molecule has 0 fully saturated rings. The van der Waals surface area contributed by atoms with Gasteiger partial charge in [0.15, 0.2) is 0 Å². The van der Waals surface area contributed by atoms with Crippen LogP contribution in [-0.2, 0) is 6.54 Å². The summed E-state index contributed by atoms with van der Waals surface area (Å²) in [5.74, 6) is 0. The van der Waals surface area contributed by atoms with E-state index in [4.69, 9.17) is 10.2 Å². The van der Waals surface area contributed by atoms with E-state index in [1.807, 2.05) is 19.1 Å². The van der Waals surface area contributed by atoms with Crippen LogP contribution in [0.4, 0.5) is 0 Å². The van der Waals surface area contributed by atoms with Gasteiger partial charge in [0, 0.05) is 38.1 Å². The van der Waals surface area contributed by atoms with Gasteiger partial charge in [-0.2, -0.15) is 0 Å². The summed E-state index contributed by atoms with van der Waals surface area (Å²) < 4.78 is 0. The number of pyridine rings is 1. The number of aliphatic hydroxyl groups excluding tert-OH is 2. The molecule has 0 spiro atoms. The van der Waals surface area contributed by atoms with E-state index in [1.54, 1.807) is 6.20 Å². The highest BCUT2D eigenvalue weighted by Crippen LogP contribution is 2.08. The van der Waals surface area contributed by atoms with Gasteiger partial charge in [0.1, 0.15) is 0 Å². The fourth-order valence-corrected chi connectivity index (χ4v) is 1.63. The summed E-state index contributed by atoms with van der Waals surface area (Å²) in [6, 6.07) is 3.97. The number of aliphatic hydroxyl groups is 2. The molecule has 0 radical (unpaired) electrons. The van der Waals surface area contributed by atoms with Crippen molar-refractivity contribution in [1.29, 1.82) is 0 Å². The first-order valence-corrected chi connectivity index (χ1v) is 5.62. The Labute approximate surface area is 96.6 Å². The highest BCUT2D eigenvalue weighted by molar-refractivity contribution is 5.17. The molecule has 1 aromatic heterocycles. The van der Waals surface area contributed by atoms with E-state index in [2.05, 4.69) is 9.88 Å². The van der Waals surface area contributed by atoms with Crippen LogP contribution in [0.25, 0.3) is 0 Å². The van der Waals surface area contributed by atoms with Crippen molar-refractivity contribution in [2.75, 3.05) is 26.3 Å². The second-order valence-electron chi connectivity index (χ2n) is 3.82. The van der Waals surface area contributed by atoms with E-state index in [1.165, 1.54) is 5.56 Å². The quantitative estimate of drug-likeness (QED) is 0.711. The smallest absolute Gasteiger partial charge is 0.0558 e. The average molecular weight is 224 g/mol. The lowest BCUT2D eigenvalue weighted by molar-refractivity contribution is 0.174. The first-order chi connectivity index (χ1) is 7.77. The summed E-state index contributed by atoms with van der Waals surface area (Å²) in [6.07, 6.45) is 2.52. The molecular weight excluding hydrogens is 204 g/mol. The van der Waals surface area contributed by atoms with E-state index < -0.39 is 0 Å². The van der Waals surface area contributed by atoms with Gasteiger partial charge in [-0.25, -0.2) is 0 Å². The zero-order valence-corrected chi connectivity index (χ0v) is 9.76. The molecule has 90 valence electrons. The summed E-state index contributed by atoms with van der Waals surface area (Å²) in [4.78, 5) is 6.36. The van der Waals surface area contributed by atoms with Crippen LogP contribution in [0.5, 0.6) is 0 Å². The van der Waals surface area contributed by atoms with E-state index in [9.17, 15) is 0 Å². The summed E-state index contributed by atoms with van der Waals surface area (Å²) in [5, 5.41) is 17.8. The van der Waals surface area contributed by atoms with Crippen LogP contribution in [-0.4, -0.2) is 46.4 Å². The Kier molecular flexibility index (Phi) is 6.00. The molecule has 4 heteroatoms. The maximum Gasteiger partial charge on any atom is 0.0558 e. The summed E-state index contributed by atoms with van der Waals surface area (Å²) >= 11 is 0. The predicted octanol–water partition coefficient (Wildman–Crippen LogP) is 0.567. The molecule has 0 amide bonds. The molecule has 0 atom stereocenters. The Morgan fingerprint density at radius 1 is 1.25 bits per heavy atom. The van der Waals surface area contributed by atoms with Crippen LogP contribution in [0.1, 0.15) is 17.7 Å². The van der Waals surface area contributed by atoms with Crippen molar-refractivity contribution in [2.24, 2.45) is 0 Å². The molecule has 0 bridgehead atoms. The monoisotopic (exact) mass is 224 g/mol. The molecule has 16 heavy (non-hydrogen) atoms. The predicted molar refractivity (Wildman–Crippen MR) is 63.0 cm³/mol. The van der Waals surface area contributed by atoms with Gasteiger partial charge >= 0.3 is 0 Å². The highest BCUT2D eigenvalue weighted by Gasteiger charge is 2.06. The van der Waals surface area contributed by atoms with E-state index in [-0.39, 0.29) is 13.2 Å². The molecule has 0 saturated heterocycles. The number of nitrogens with zero attached hydrogens (tertiary/aromatic N) is 2. The summed E-state index contributed by atoms with van der Waals surface area (Å²) in [7, 11) is 0. The van der Waals surface area contributed by atoms with Crippen molar-refractivity contribution in [3.05, 3.63) is 29.6 Å². The standard InChI is InChI=1S/C12H20N2O2/c1-11-12(4-2-5-13-11)10-14(7-9-16)6-3-8-15/h2,4-5,15-16H,3,6-10H2,1H3. The molecule has 0 aliphatic carbocycles. The fourth-order valence-electron chi connectivity index (χ4n) is 1.63. The lowest BCUT2D eigenvalue weighted by atomic mass is 10.2. The number of aryl methyl sites for hydroxylation is 1. The van der Waals surface area contributed by atoms with Crippen molar-refractivity contribution < 1.29 is 10.2 Å². The lowest BCUT2D eigenvalue weighted by Gasteiger charge is -2.21. The van der Waals surface area contributed by atoms with Gasteiger partial charge in [-0.1, -0.05) is 6.07 Å². The summed E-state index contributed by atoms with van der Waals surface area (Å²) in [6.45, 7) is 4.52. The second kappa shape index (κ2) is 7.33. The third kappa shape index (κ3) is 4.26. The molecule has 1 heterocycles. The van der Waals surface area contributed by atoms with Gasteiger partial charge in [-0.3, -0.25) is 9.88 Å². The molecule has 1 rings (SSSR count). The minimum Gasteiger partial charge on any atom is -0.396 e. The van der Waals surface area contributed by atoms with Crippen LogP contribution in [0.15, 0.2) is 18.3 Å². The van der Waals surface area contributed by atoms with E-state index >= 15 is 0 Å². The largest absolute Gasteiger partial charge is 0.396 e. The van der Waals surface area contributed by atoms with E-state index in [0.717, 1.165) is 25.2 Å². The SMILES string of the molecule is Cc1ncccc1CN(CCO)CCCO.